The number of hydrogen-bond donors (Lipinski definition) is 1. The third-order valence-electron chi connectivity index (χ3n) is 5.89. The van der Waals surface area contributed by atoms with Gasteiger partial charge in [-0.25, -0.2) is 4.98 Å². The number of hydrogen-bond acceptors (Lipinski definition) is 4. The molecule has 3 aromatic rings. The molecular weight excluding hydrogens is 442 g/mol. The Hall–Kier alpha value is -3.93. The molecule has 2 aliphatic heterocycles. The lowest BCUT2D eigenvalue weighted by molar-refractivity contribution is -0.116. The molecule has 0 aliphatic carbocycles. The number of carbonyl (C=O) groups excluding carboxylic acids is 2. The molecule has 9 heteroatoms. The Kier molecular flexibility index (Phi) is 4.42. The Balaban J connectivity index is 1.71. The minimum absolute atomic E-state index is 0.0180. The van der Waals surface area contributed by atoms with Crippen LogP contribution in [-0.2, 0) is 4.79 Å². The van der Waals surface area contributed by atoms with Crippen molar-refractivity contribution in [3.63, 3.8) is 0 Å². The Morgan fingerprint density at radius 3 is 2.85 bits per heavy atom. The van der Waals surface area contributed by atoms with Crippen LogP contribution in [0.3, 0.4) is 0 Å². The van der Waals surface area contributed by atoms with Crippen LogP contribution in [0.25, 0.3) is 11.0 Å². The van der Waals surface area contributed by atoms with Crippen molar-refractivity contribution in [3.05, 3.63) is 58.9 Å². The highest BCUT2D eigenvalue weighted by molar-refractivity contribution is 5.98. The summed E-state index contributed by atoms with van der Waals surface area (Å²) in [6.45, 7) is -2.31. The van der Waals surface area contributed by atoms with Crippen molar-refractivity contribution in [2.24, 2.45) is 0 Å². The van der Waals surface area contributed by atoms with Crippen molar-refractivity contribution in [2.75, 3.05) is 6.98 Å². The molecule has 0 radical (unpaired) electrons. The van der Waals surface area contributed by atoms with E-state index in [0.29, 0.717) is 22.4 Å². The lowest BCUT2D eigenvalue weighted by atomic mass is 9.97. The zero-order valence-electron chi connectivity index (χ0n) is 21.3. The van der Waals surface area contributed by atoms with Gasteiger partial charge in [0.25, 0.3) is 11.8 Å². The molecule has 2 amide bonds. The Bertz CT molecular complexity index is 1490. The van der Waals surface area contributed by atoms with Crippen LogP contribution in [0.2, 0.25) is 0 Å². The molecule has 2 atom stereocenters. The summed E-state index contributed by atoms with van der Waals surface area (Å²) in [6, 6.07) is 7.51. The van der Waals surface area contributed by atoms with Gasteiger partial charge in [0.05, 0.1) is 23.1 Å². The lowest BCUT2D eigenvalue weighted by Gasteiger charge is -2.24. The van der Waals surface area contributed by atoms with Gasteiger partial charge >= 0.3 is 6.61 Å². The minimum Gasteiger partial charge on any atom is -0.434 e. The zero-order valence-corrected chi connectivity index (χ0v) is 18.3. The number of ether oxygens (including phenoxy) is 1. The van der Waals surface area contributed by atoms with Crippen molar-refractivity contribution in [1.82, 2.24) is 19.8 Å². The summed E-state index contributed by atoms with van der Waals surface area (Å²) < 4.78 is 57.3. The maximum Gasteiger partial charge on any atom is 0.387 e. The third-order valence-corrected chi connectivity index (χ3v) is 5.89. The number of halogens is 2. The Morgan fingerprint density at radius 2 is 2.12 bits per heavy atom. The first-order chi connectivity index (χ1) is 17.5. The number of aromatic nitrogens is 2. The molecule has 2 bridgehead atoms. The van der Waals surface area contributed by atoms with Crippen molar-refractivity contribution >= 4 is 22.8 Å². The standard InChI is InChI=1S/C25H22F2N4O3/c1-13(2)28-21(32)10-8-14-7-9-16-17(11-14)31-18-12-19(23(31)29-16)30(3)24(33)15-5-4-6-20(22(15)18)34-25(26)27/h4-7,9,11,13,18-19,25H,12H2,1-3H3,(H,28,32)/t18-,19-/m1/s1/i3D3. The molecule has 0 spiro atoms. The number of carbonyl (C=O) groups is 2. The summed E-state index contributed by atoms with van der Waals surface area (Å²) in [4.78, 5) is 30.8. The lowest BCUT2D eigenvalue weighted by Crippen LogP contribution is -2.30. The average molecular weight is 467 g/mol. The monoisotopic (exact) mass is 467 g/mol. The molecule has 0 saturated carbocycles. The predicted molar refractivity (Wildman–Crippen MR) is 121 cm³/mol. The van der Waals surface area contributed by atoms with Gasteiger partial charge in [-0.3, -0.25) is 9.59 Å². The van der Waals surface area contributed by atoms with Crippen LogP contribution in [0.5, 0.6) is 5.75 Å². The molecular formula is C25H22F2N4O3. The molecule has 34 heavy (non-hydrogen) atoms. The molecule has 0 saturated heterocycles. The summed E-state index contributed by atoms with van der Waals surface area (Å²) in [7, 11) is 0. The second-order valence-corrected chi connectivity index (χ2v) is 8.46. The van der Waals surface area contributed by atoms with Crippen molar-refractivity contribution in [3.8, 4) is 17.6 Å². The van der Waals surface area contributed by atoms with Gasteiger partial charge in [-0.15, -0.1) is 0 Å². The van der Waals surface area contributed by atoms with E-state index < -0.39 is 37.5 Å². The van der Waals surface area contributed by atoms with E-state index >= 15 is 0 Å². The SMILES string of the molecule is [2H]C([2H])([2H])N1C(=O)c2cccc(OC(F)F)c2[C@H]2C[C@@H]1c1nc3ccc(C#CC(=O)NC(C)C)cc3n12. The topological polar surface area (TPSA) is 76.5 Å². The highest BCUT2D eigenvalue weighted by atomic mass is 19.3. The quantitative estimate of drug-likeness (QED) is 0.597. The van der Waals surface area contributed by atoms with E-state index in [1.165, 1.54) is 18.2 Å². The molecule has 7 nitrogen and oxygen atoms in total. The zero-order chi connectivity index (χ0) is 26.6. The van der Waals surface area contributed by atoms with E-state index in [1.54, 1.807) is 22.8 Å². The van der Waals surface area contributed by atoms with E-state index in [4.69, 9.17) is 8.85 Å². The van der Waals surface area contributed by atoms with Crippen LogP contribution >= 0.6 is 0 Å². The number of benzene rings is 2. The highest BCUT2D eigenvalue weighted by Crippen LogP contribution is 2.49. The van der Waals surface area contributed by atoms with Gasteiger partial charge in [0, 0.05) is 46.2 Å². The van der Waals surface area contributed by atoms with Crippen molar-refractivity contribution in [2.45, 2.75) is 45.0 Å². The molecule has 3 heterocycles. The van der Waals surface area contributed by atoms with Gasteiger partial charge in [0.1, 0.15) is 11.6 Å². The van der Waals surface area contributed by atoms with Gasteiger partial charge in [-0.1, -0.05) is 12.0 Å². The van der Waals surface area contributed by atoms with Gasteiger partial charge in [0.2, 0.25) is 0 Å². The molecule has 1 aromatic heterocycles. The largest absolute Gasteiger partial charge is 0.434 e. The van der Waals surface area contributed by atoms with Gasteiger partial charge in [-0.2, -0.15) is 8.78 Å². The maximum absolute atomic E-state index is 13.4. The van der Waals surface area contributed by atoms with Crippen LogP contribution in [0.15, 0.2) is 36.4 Å². The fourth-order valence-electron chi connectivity index (χ4n) is 4.61. The number of rotatable bonds is 3. The molecule has 2 aromatic carbocycles. The predicted octanol–water partition coefficient (Wildman–Crippen LogP) is 3.63. The van der Waals surface area contributed by atoms with E-state index in [0.717, 1.165) is 4.90 Å². The second kappa shape index (κ2) is 8.13. The molecule has 5 rings (SSSR count). The summed E-state index contributed by atoms with van der Waals surface area (Å²) >= 11 is 0. The normalized spacial score (nSPS) is 20.1. The summed E-state index contributed by atoms with van der Waals surface area (Å²) in [5, 5.41) is 2.68. The van der Waals surface area contributed by atoms with Gasteiger partial charge in [0.15, 0.2) is 0 Å². The second-order valence-electron chi connectivity index (χ2n) is 8.46. The summed E-state index contributed by atoms with van der Waals surface area (Å²) in [5.74, 6) is 4.23. The Morgan fingerprint density at radius 1 is 1.29 bits per heavy atom. The number of alkyl halides is 2. The molecule has 174 valence electrons. The van der Waals surface area contributed by atoms with Crippen LogP contribution in [0.1, 0.15) is 63.8 Å². The van der Waals surface area contributed by atoms with Crippen molar-refractivity contribution in [1.29, 1.82) is 0 Å². The van der Waals surface area contributed by atoms with Crippen LogP contribution in [0.4, 0.5) is 8.78 Å². The smallest absolute Gasteiger partial charge is 0.387 e. The number of amides is 2. The number of nitrogens with one attached hydrogen (secondary N) is 1. The fourth-order valence-corrected chi connectivity index (χ4v) is 4.61. The molecule has 2 aliphatic rings. The van der Waals surface area contributed by atoms with Gasteiger partial charge < -0.3 is 19.5 Å². The Labute approximate surface area is 198 Å². The van der Waals surface area contributed by atoms with Crippen molar-refractivity contribution < 1.29 is 27.2 Å². The molecule has 0 fully saturated rings. The minimum atomic E-state index is -3.14. The molecule has 1 N–H and O–H groups in total. The van der Waals surface area contributed by atoms with Crippen LogP contribution in [0, 0.1) is 11.8 Å². The van der Waals surface area contributed by atoms with E-state index in [-0.39, 0.29) is 29.3 Å². The van der Waals surface area contributed by atoms with E-state index in [1.807, 2.05) is 13.8 Å². The van der Waals surface area contributed by atoms with E-state index in [2.05, 4.69) is 22.1 Å². The van der Waals surface area contributed by atoms with Crippen LogP contribution in [-0.4, -0.2) is 45.9 Å². The van der Waals surface area contributed by atoms with E-state index in [9.17, 15) is 18.4 Å². The maximum atomic E-state index is 13.4. The summed E-state index contributed by atoms with van der Waals surface area (Å²) in [6.07, 6.45) is 0.117. The first-order valence-corrected chi connectivity index (χ1v) is 10.7. The highest BCUT2D eigenvalue weighted by Gasteiger charge is 2.44. The number of fused-ring (bicyclic) bond motifs is 9. The first-order valence-electron chi connectivity index (χ1n) is 12.2. The first kappa shape index (κ1) is 18.5. The summed E-state index contributed by atoms with van der Waals surface area (Å²) in [5.41, 5.74) is 1.74. The average Bonchev–Trinajstić information content (AvgIpc) is 3.29. The fraction of sp³-hybridized carbons (Fsp3) is 0.320. The third kappa shape index (κ3) is 3.55. The van der Waals surface area contributed by atoms with Gasteiger partial charge in [-0.05, 0) is 44.2 Å². The number of imidazole rings is 1. The number of nitrogens with zero attached hydrogens (tertiary/aromatic N) is 3. The van der Waals surface area contributed by atoms with Crippen LogP contribution < -0.4 is 10.1 Å². The molecule has 0 unspecified atom stereocenters.